The second-order valence-corrected chi connectivity index (χ2v) is 6.14. The summed E-state index contributed by atoms with van der Waals surface area (Å²) in [6.45, 7) is 3.97. The molecule has 2 rings (SSSR count). The average molecular weight is 330 g/mol. The highest BCUT2D eigenvalue weighted by Gasteiger charge is 2.23. The van der Waals surface area contributed by atoms with Gasteiger partial charge in [0.25, 0.3) is 0 Å². The standard InChI is InChI=1S/C18H22N2O4/c1-12(2)8-14(10-21)19-16(18(22)23)9-15-11-24-17(20-15)13-6-4-3-5-7-13/h3-7,10-12,14,16,19H,8-9H2,1-2H3,(H,22,23)/t14-,16-/m0/s1. The van der Waals surface area contributed by atoms with E-state index in [0.717, 1.165) is 11.8 Å². The molecule has 0 fully saturated rings. The van der Waals surface area contributed by atoms with E-state index in [-0.39, 0.29) is 6.42 Å². The number of hydrogen-bond acceptors (Lipinski definition) is 5. The van der Waals surface area contributed by atoms with Crippen molar-refractivity contribution in [2.45, 2.75) is 38.8 Å². The first-order chi connectivity index (χ1) is 11.5. The van der Waals surface area contributed by atoms with Crippen molar-refractivity contribution in [3.8, 4) is 11.5 Å². The van der Waals surface area contributed by atoms with Gasteiger partial charge in [-0.25, -0.2) is 4.98 Å². The van der Waals surface area contributed by atoms with E-state index in [1.807, 2.05) is 44.2 Å². The van der Waals surface area contributed by atoms with Crippen LogP contribution in [0, 0.1) is 5.92 Å². The van der Waals surface area contributed by atoms with Crippen molar-refractivity contribution in [2.75, 3.05) is 0 Å². The molecular formula is C18H22N2O4. The number of aldehydes is 1. The average Bonchev–Trinajstić information content (AvgIpc) is 3.02. The first kappa shape index (κ1) is 17.9. The van der Waals surface area contributed by atoms with Gasteiger partial charge in [-0.05, 0) is 24.5 Å². The highest BCUT2D eigenvalue weighted by molar-refractivity contribution is 5.74. The van der Waals surface area contributed by atoms with E-state index in [9.17, 15) is 14.7 Å². The molecule has 1 aromatic carbocycles. The zero-order valence-electron chi connectivity index (χ0n) is 13.8. The van der Waals surface area contributed by atoms with E-state index in [1.54, 1.807) is 0 Å². The van der Waals surface area contributed by atoms with Crippen molar-refractivity contribution in [3.05, 3.63) is 42.3 Å². The number of carboxylic acid groups (broad SMARTS) is 1. The van der Waals surface area contributed by atoms with Crippen LogP contribution < -0.4 is 5.32 Å². The molecule has 0 aliphatic rings. The van der Waals surface area contributed by atoms with Gasteiger partial charge in [-0.2, -0.15) is 0 Å². The Morgan fingerprint density at radius 1 is 1.33 bits per heavy atom. The topological polar surface area (TPSA) is 92.4 Å². The van der Waals surface area contributed by atoms with Gasteiger partial charge in [0.1, 0.15) is 18.6 Å². The molecule has 1 aromatic heterocycles. The molecule has 0 unspecified atom stereocenters. The van der Waals surface area contributed by atoms with Gasteiger partial charge in [-0.1, -0.05) is 32.0 Å². The number of aliphatic carboxylic acids is 1. The van der Waals surface area contributed by atoms with Crippen molar-refractivity contribution in [1.29, 1.82) is 0 Å². The first-order valence-corrected chi connectivity index (χ1v) is 7.93. The number of oxazole rings is 1. The Hall–Kier alpha value is -2.47. The molecular weight excluding hydrogens is 308 g/mol. The first-order valence-electron chi connectivity index (χ1n) is 7.93. The van der Waals surface area contributed by atoms with E-state index in [0.29, 0.717) is 23.9 Å². The van der Waals surface area contributed by atoms with Crippen LogP contribution in [0.5, 0.6) is 0 Å². The Labute approximate surface area is 140 Å². The van der Waals surface area contributed by atoms with Crippen molar-refractivity contribution >= 4 is 12.3 Å². The maximum absolute atomic E-state index is 11.5. The summed E-state index contributed by atoms with van der Waals surface area (Å²) in [6.07, 6.45) is 2.95. The molecule has 0 spiro atoms. The number of carbonyl (C=O) groups is 2. The normalized spacial score (nSPS) is 13.6. The van der Waals surface area contributed by atoms with Gasteiger partial charge in [0.2, 0.25) is 5.89 Å². The minimum Gasteiger partial charge on any atom is -0.480 e. The third-order valence-corrected chi connectivity index (χ3v) is 3.59. The van der Waals surface area contributed by atoms with E-state index < -0.39 is 18.1 Å². The maximum atomic E-state index is 11.5. The zero-order valence-corrected chi connectivity index (χ0v) is 13.8. The summed E-state index contributed by atoms with van der Waals surface area (Å²) in [4.78, 5) is 27.0. The largest absolute Gasteiger partial charge is 0.480 e. The minimum absolute atomic E-state index is 0.147. The fourth-order valence-corrected chi connectivity index (χ4v) is 2.47. The van der Waals surface area contributed by atoms with Crippen molar-refractivity contribution in [3.63, 3.8) is 0 Å². The van der Waals surface area contributed by atoms with Gasteiger partial charge in [-0.15, -0.1) is 0 Å². The lowest BCUT2D eigenvalue weighted by Crippen LogP contribution is -2.46. The lowest BCUT2D eigenvalue weighted by atomic mass is 10.0. The molecule has 6 heteroatoms. The van der Waals surface area contributed by atoms with E-state index in [4.69, 9.17) is 4.42 Å². The molecule has 0 aliphatic carbocycles. The Bertz CT molecular complexity index is 667. The molecule has 128 valence electrons. The SMILES string of the molecule is CC(C)C[C@@H](C=O)N[C@@H](Cc1coc(-c2ccccc2)n1)C(=O)O. The Kier molecular flexibility index (Phi) is 6.26. The second kappa shape index (κ2) is 8.40. The summed E-state index contributed by atoms with van der Waals surface area (Å²) in [7, 11) is 0. The van der Waals surface area contributed by atoms with Gasteiger partial charge in [-0.3, -0.25) is 10.1 Å². The third kappa shape index (κ3) is 5.03. The van der Waals surface area contributed by atoms with Crippen LogP contribution >= 0.6 is 0 Å². The third-order valence-electron chi connectivity index (χ3n) is 3.59. The monoisotopic (exact) mass is 330 g/mol. The van der Waals surface area contributed by atoms with Crippen LogP contribution in [0.15, 0.2) is 41.0 Å². The number of nitrogens with one attached hydrogen (secondary N) is 1. The van der Waals surface area contributed by atoms with Crippen molar-refractivity contribution in [2.24, 2.45) is 5.92 Å². The summed E-state index contributed by atoms with van der Waals surface area (Å²) in [5.41, 5.74) is 1.36. The fourth-order valence-electron chi connectivity index (χ4n) is 2.47. The Balaban J connectivity index is 2.07. The summed E-state index contributed by atoms with van der Waals surface area (Å²) in [5, 5.41) is 12.3. The van der Waals surface area contributed by atoms with Gasteiger partial charge in [0, 0.05) is 12.0 Å². The molecule has 1 heterocycles. The number of benzene rings is 1. The molecule has 2 N–H and O–H groups in total. The Morgan fingerprint density at radius 3 is 2.62 bits per heavy atom. The Morgan fingerprint density at radius 2 is 2.04 bits per heavy atom. The molecule has 0 saturated heterocycles. The van der Waals surface area contributed by atoms with Crippen LogP contribution in [0.4, 0.5) is 0 Å². The molecule has 0 amide bonds. The highest BCUT2D eigenvalue weighted by atomic mass is 16.4. The molecule has 6 nitrogen and oxygen atoms in total. The molecule has 0 bridgehead atoms. The summed E-state index contributed by atoms with van der Waals surface area (Å²) >= 11 is 0. The summed E-state index contributed by atoms with van der Waals surface area (Å²) in [6, 6.07) is 8.00. The van der Waals surface area contributed by atoms with Crippen LogP contribution in [0.25, 0.3) is 11.5 Å². The van der Waals surface area contributed by atoms with Crippen LogP contribution in [0.1, 0.15) is 26.0 Å². The summed E-state index contributed by atoms with van der Waals surface area (Å²) < 4.78 is 5.43. The minimum atomic E-state index is -1.02. The molecule has 24 heavy (non-hydrogen) atoms. The fraction of sp³-hybridized carbons (Fsp3) is 0.389. The lowest BCUT2D eigenvalue weighted by Gasteiger charge is -2.19. The van der Waals surface area contributed by atoms with E-state index >= 15 is 0 Å². The van der Waals surface area contributed by atoms with Crippen LogP contribution in [-0.2, 0) is 16.0 Å². The predicted octanol–water partition coefficient (Wildman–Crippen LogP) is 2.54. The summed E-state index contributed by atoms with van der Waals surface area (Å²) in [5.74, 6) is -0.280. The number of hydrogen-bond donors (Lipinski definition) is 2. The zero-order chi connectivity index (χ0) is 17.5. The second-order valence-electron chi connectivity index (χ2n) is 6.14. The van der Waals surface area contributed by atoms with Crippen molar-refractivity contribution < 1.29 is 19.1 Å². The van der Waals surface area contributed by atoms with Gasteiger partial charge in [0.15, 0.2) is 0 Å². The molecule has 0 saturated carbocycles. The van der Waals surface area contributed by atoms with E-state index in [2.05, 4.69) is 10.3 Å². The van der Waals surface area contributed by atoms with Gasteiger partial charge < -0.3 is 14.3 Å². The van der Waals surface area contributed by atoms with Crippen molar-refractivity contribution in [1.82, 2.24) is 10.3 Å². The van der Waals surface area contributed by atoms with Crippen LogP contribution in [0.2, 0.25) is 0 Å². The predicted molar refractivity (Wildman–Crippen MR) is 89.5 cm³/mol. The number of nitrogens with zero attached hydrogens (tertiary/aromatic N) is 1. The number of aromatic nitrogens is 1. The van der Waals surface area contributed by atoms with Crippen LogP contribution in [0.3, 0.4) is 0 Å². The molecule has 0 radical (unpaired) electrons. The van der Waals surface area contributed by atoms with Gasteiger partial charge >= 0.3 is 5.97 Å². The number of carboxylic acids is 1. The van der Waals surface area contributed by atoms with E-state index in [1.165, 1.54) is 6.26 Å². The molecule has 2 aromatic rings. The number of carbonyl (C=O) groups excluding carboxylic acids is 1. The number of rotatable bonds is 9. The molecule has 0 aliphatic heterocycles. The smallest absolute Gasteiger partial charge is 0.321 e. The quantitative estimate of drug-likeness (QED) is 0.686. The van der Waals surface area contributed by atoms with Crippen LogP contribution in [-0.4, -0.2) is 34.4 Å². The lowest BCUT2D eigenvalue weighted by molar-refractivity contribution is -0.139. The molecule has 2 atom stereocenters. The maximum Gasteiger partial charge on any atom is 0.321 e. The highest BCUT2D eigenvalue weighted by Crippen LogP contribution is 2.18. The van der Waals surface area contributed by atoms with Gasteiger partial charge in [0.05, 0.1) is 11.7 Å².